The van der Waals surface area contributed by atoms with Crippen molar-refractivity contribution in [3.05, 3.63) is 0 Å². The monoisotopic (exact) mass is 206 g/mol. The lowest BCUT2D eigenvalue weighted by molar-refractivity contribution is -0.202. The Hall–Kier alpha value is -1.14. The first kappa shape index (κ1) is 12.9. The summed E-state index contributed by atoms with van der Waals surface area (Å²) in [7, 11) is 0. The highest BCUT2D eigenvalue weighted by Crippen LogP contribution is 2.03. The van der Waals surface area contributed by atoms with Gasteiger partial charge >= 0.3 is 5.97 Å². The quantitative estimate of drug-likeness (QED) is 0.321. The molecule has 82 valence electrons. The van der Waals surface area contributed by atoms with Crippen LogP contribution in [0.1, 0.15) is 19.8 Å². The van der Waals surface area contributed by atoms with E-state index in [1.165, 1.54) is 0 Å². The second-order valence-corrected chi connectivity index (χ2v) is 2.59. The molecule has 2 atom stereocenters. The van der Waals surface area contributed by atoms with Crippen LogP contribution in [0.3, 0.4) is 0 Å². The van der Waals surface area contributed by atoms with E-state index in [9.17, 15) is 9.59 Å². The Morgan fingerprint density at radius 3 is 2.64 bits per heavy atom. The second-order valence-electron chi connectivity index (χ2n) is 2.59. The molecule has 0 aromatic heterocycles. The highest BCUT2D eigenvalue weighted by Gasteiger charge is 2.23. The van der Waals surface area contributed by atoms with Gasteiger partial charge in [-0.3, -0.25) is 9.59 Å². The highest BCUT2D eigenvalue weighted by atomic mass is 16.7. The summed E-state index contributed by atoms with van der Waals surface area (Å²) < 4.78 is 8.86. The minimum Gasteiger partial charge on any atom is -0.424 e. The topological polar surface area (TPSA) is 93.1 Å². The van der Waals surface area contributed by atoms with Crippen molar-refractivity contribution in [1.82, 2.24) is 0 Å². The van der Waals surface area contributed by atoms with Crippen molar-refractivity contribution in [3.63, 3.8) is 0 Å². The Balaban J connectivity index is 4.07. The minimum absolute atomic E-state index is 0.0444. The van der Waals surface area contributed by atoms with Crippen molar-refractivity contribution in [2.45, 2.75) is 32.2 Å². The fraction of sp³-hybridized carbons (Fsp3) is 0.750. The highest BCUT2D eigenvalue weighted by molar-refractivity contribution is 5.69. The number of rotatable bonds is 7. The number of ether oxygens (including phenoxy) is 2. The Morgan fingerprint density at radius 2 is 2.21 bits per heavy atom. The standard InChI is InChI=1S/C8H14O6/c1-2-3-7(12)14-8(13-5-10)6(11)4-9/h5-6,8-9,11H,2-4H2,1H3. The summed E-state index contributed by atoms with van der Waals surface area (Å²) in [6, 6.07) is 0. The molecule has 0 amide bonds. The Kier molecular flexibility index (Phi) is 6.69. The first-order valence-electron chi connectivity index (χ1n) is 4.23. The van der Waals surface area contributed by atoms with Gasteiger partial charge in [-0.1, -0.05) is 6.92 Å². The summed E-state index contributed by atoms with van der Waals surface area (Å²) in [6.45, 7) is 1.17. The van der Waals surface area contributed by atoms with Gasteiger partial charge in [0.1, 0.15) is 0 Å². The molecule has 0 fully saturated rings. The molecule has 0 spiro atoms. The number of carbonyl (C=O) groups is 2. The second kappa shape index (κ2) is 7.28. The zero-order chi connectivity index (χ0) is 11.0. The molecule has 0 heterocycles. The minimum atomic E-state index is -1.43. The molecule has 0 saturated heterocycles. The molecule has 0 saturated carbocycles. The van der Waals surface area contributed by atoms with E-state index in [1.54, 1.807) is 6.92 Å². The van der Waals surface area contributed by atoms with Gasteiger partial charge in [-0.2, -0.15) is 0 Å². The smallest absolute Gasteiger partial charge is 0.308 e. The van der Waals surface area contributed by atoms with Crippen molar-refractivity contribution in [2.24, 2.45) is 0 Å². The van der Waals surface area contributed by atoms with Crippen LogP contribution in [0.15, 0.2) is 0 Å². The summed E-state index contributed by atoms with van der Waals surface area (Å²) in [5, 5.41) is 17.6. The van der Waals surface area contributed by atoms with E-state index in [0.717, 1.165) is 0 Å². The van der Waals surface area contributed by atoms with E-state index >= 15 is 0 Å². The Labute approximate surface area is 81.4 Å². The predicted octanol–water partition coefficient (Wildman–Crippen LogP) is -0.818. The Bertz CT molecular complexity index is 181. The van der Waals surface area contributed by atoms with Gasteiger partial charge in [-0.25, -0.2) is 0 Å². The number of hydrogen-bond acceptors (Lipinski definition) is 6. The maximum atomic E-state index is 10.9. The fourth-order valence-corrected chi connectivity index (χ4v) is 0.730. The van der Waals surface area contributed by atoms with E-state index in [4.69, 9.17) is 10.2 Å². The van der Waals surface area contributed by atoms with E-state index in [-0.39, 0.29) is 12.9 Å². The molecule has 6 heteroatoms. The number of carbonyl (C=O) groups excluding carboxylic acids is 2. The number of aliphatic hydroxyl groups excluding tert-OH is 2. The van der Waals surface area contributed by atoms with Crippen LogP contribution in [0, 0.1) is 0 Å². The zero-order valence-electron chi connectivity index (χ0n) is 7.88. The third kappa shape index (κ3) is 4.78. The lowest BCUT2D eigenvalue weighted by atomic mass is 10.3. The largest absolute Gasteiger partial charge is 0.424 e. The van der Waals surface area contributed by atoms with Crippen molar-refractivity contribution in [1.29, 1.82) is 0 Å². The normalized spacial score (nSPS) is 14.2. The molecular weight excluding hydrogens is 192 g/mol. The molecule has 0 aliphatic carbocycles. The molecule has 2 N–H and O–H groups in total. The van der Waals surface area contributed by atoms with Gasteiger partial charge in [0, 0.05) is 6.42 Å². The summed E-state index contributed by atoms with van der Waals surface area (Å²) in [5.74, 6) is -0.591. The third-order valence-corrected chi connectivity index (χ3v) is 1.39. The SMILES string of the molecule is CCCC(=O)OC(OC=O)C(O)CO. The summed E-state index contributed by atoms with van der Waals surface area (Å²) in [5.41, 5.74) is 0. The molecule has 0 aromatic carbocycles. The van der Waals surface area contributed by atoms with E-state index in [0.29, 0.717) is 6.42 Å². The first-order chi connectivity index (χ1) is 6.65. The number of hydrogen-bond donors (Lipinski definition) is 2. The molecule has 0 aliphatic rings. The molecule has 0 aromatic rings. The molecule has 0 radical (unpaired) electrons. The Morgan fingerprint density at radius 1 is 1.57 bits per heavy atom. The van der Waals surface area contributed by atoms with Crippen LogP contribution in [0.2, 0.25) is 0 Å². The van der Waals surface area contributed by atoms with E-state index < -0.39 is 25.0 Å². The maximum Gasteiger partial charge on any atom is 0.308 e. The molecule has 6 nitrogen and oxygen atoms in total. The van der Waals surface area contributed by atoms with Gasteiger partial charge in [0.25, 0.3) is 12.8 Å². The molecule has 2 unspecified atom stereocenters. The van der Waals surface area contributed by atoms with Crippen LogP contribution in [-0.2, 0) is 19.1 Å². The zero-order valence-corrected chi connectivity index (χ0v) is 7.88. The lowest BCUT2D eigenvalue weighted by Crippen LogP contribution is -2.36. The average Bonchev–Trinajstić information content (AvgIpc) is 2.16. The molecular formula is C8H14O6. The van der Waals surface area contributed by atoms with Gasteiger partial charge in [0.05, 0.1) is 6.61 Å². The summed E-state index contributed by atoms with van der Waals surface area (Å²) >= 11 is 0. The van der Waals surface area contributed by atoms with Crippen LogP contribution < -0.4 is 0 Å². The lowest BCUT2D eigenvalue weighted by Gasteiger charge is -2.19. The van der Waals surface area contributed by atoms with Crippen LogP contribution in [0.25, 0.3) is 0 Å². The van der Waals surface area contributed by atoms with Crippen molar-refractivity contribution in [2.75, 3.05) is 6.61 Å². The molecule has 0 bridgehead atoms. The van der Waals surface area contributed by atoms with Gasteiger partial charge in [-0.05, 0) is 6.42 Å². The van der Waals surface area contributed by atoms with Crippen LogP contribution in [-0.4, -0.2) is 41.7 Å². The van der Waals surface area contributed by atoms with Gasteiger partial charge in [0.15, 0.2) is 6.10 Å². The third-order valence-electron chi connectivity index (χ3n) is 1.39. The molecule has 14 heavy (non-hydrogen) atoms. The van der Waals surface area contributed by atoms with Gasteiger partial charge < -0.3 is 19.7 Å². The van der Waals surface area contributed by atoms with Crippen molar-refractivity contribution in [3.8, 4) is 0 Å². The van der Waals surface area contributed by atoms with Crippen LogP contribution in [0.4, 0.5) is 0 Å². The van der Waals surface area contributed by atoms with Gasteiger partial charge in [0.2, 0.25) is 0 Å². The predicted molar refractivity (Wildman–Crippen MR) is 45.0 cm³/mol. The van der Waals surface area contributed by atoms with Crippen LogP contribution >= 0.6 is 0 Å². The number of esters is 1. The van der Waals surface area contributed by atoms with E-state index in [2.05, 4.69) is 9.47 Å². The van der Waals surface area contributed by atoms with Crippen molar-refractivity contribution >= 4 is 12.4 Å². The average molecular weight is 206 g/mol. The van der Waals surface area contributed by atoms with E-state index in [1.807, 2.05) is 0 Å². The molecule has 0 aliphatic heterocycles. The summed E-state index contributed by atoms with van der Waals surface area (Å²) in [6.07, 6.45) is -2.10. The summed E-state index contributed by atoms with van der Waals surface area (Å²) in [4.78, 5) is 20.9. The fourth-order valence-electron chi connectivity index (χ4n) is 0.730. The first-order valence-corrected chi connectivity index (χ1v) is 4.23. The molecule has 0 rings (SSSR count). The van der Waals surface area contributed by atoms with Gasteiger partial charge in [-0.15, -0.1) is 0 Å². The van der Waals surface area contributed by atoms with Crippen LogP contribution in [0.5, 0.6) is 0 Å². The maximum absolute atomic E-state index is 10.9. The number of aliphatic hydroxyl groups is 2. The van der Waals surface area contributed by atoms with Crippen molar-refractivity contribution < 1.29 is 29.3 Å².